The van der Waals surface area contributed by atoms with Crippen molar-refractivity contribution in [3.63, 3.8) is 0 Å². The van der Waals surface area contributed by atoms with Crippen molar-refractivity contribution in [3.05, 3.63) is 77.9 Å². The Balaban J connectivity index is 1.43. The first-order chi connectivity index (χ1) is 17.9. The Morgan fingerprint density at radius 3 is 2.43 bits per heavy atom. The summed E-state index contributed by atoms with van der Waals surface area (Å²) in [6.07, 6.45) is 2.99. The van der Waals surface area contributed by atoms with Crippen molar-refractivity contribution < 1.29 is 14.3 Å². The average Bonchev–Trinajstić information content (AvgIpc) is 3.25. The van der Waals surface area contributed by atoms with Crippen LogP contribution in [0.4, 0.5) is 5.69 Å². The second kappa shape index (κ2) is 10.5. The van der Waals surface area contributed by atoms with E-state index in [1.807, 2.05) is 52.9 Å². The van der Waals surface area contributed by atoms with Crippen molar-refractivity contribution in [1.82, 2.24) is 14.5 Å². The Morgan fingerprint density at radius 2 is 1.73 bits per heavy atom. The van der Waals surface area contributed by atoms with E-state index in [1.54, 1.807) is 13.2 Å². The zero-order valence-corrected chi connectivity index (χ0v) is 21.5. The highest BCUT2D eigenvalue weighted by Crippen LogP contribution is 2.35. The molecule has 1 saturated heterocycles. The molecule has 0 radical (unpaired) electrons. The fourth-order valence-electron chi connectivity index (χ4n) is 5.30. The minimum atomic E-state index is -0.201. The van der Waals surface area contributed by atoms with E-state index in [0.717, 1.165) is 43.4 Å². The van der Waals surface area contributed by atoms with Crippen LogP contribution in [-0.4, -0.2) is 46.5 Å². The number of ether oxygens (including phenoxy) is 1. The fourth-order valence-corrected chi connectivity index (χ4v) is 5.30. The van der Waals surface area contributed by atoms with Crippen LogP contribution in [0.2, 0.25) is 0 Å². The SMILES string of the molecule is COc1ccccc1-c1nc2cc(C(=O)N3CCC(Cc4ccccc4)CC3)cc(NC(C)=O)c2n1C. The second-order valence-corrected chi connectivity index (χ2v) is 9.69. The van der Waals surface area contributed by atoms with Gasteiger partial charge in [-0.3, -0.25) is 9.59 Å². The highest BCUT2D eigenvalue weighted by Gasteiger charge is 2.26. The van der Waals surface area contributed by atoms with Crippen LogP contribution >= 0.6 is 0 Å². The van der Waals surface area contributed by atoms with Gasteiger partial charge in [0.05, 0.1) is 29.4 Å². The predicted octanol–water partition coefficient (Wildman–Crippen LogP) is 5.30. The van der Waals surface area contributed by atoms with Crippen molar-refractivity contribution >= 4 is 28.5 Å². The van der Waals surface area contributed by atoms with E-state index in [0.29, 0.717) is 34.3 Å². The molecule has 0 saturated carbocycles. The van der Waals surface area contributed by atoms with Gasteiger partial charge in [0.2, 0.25) is 5.91 Å². The normalized spacial score (nSPS) is 14.1. The minimum Gasteiger partial charge on any atom is -0.496 e. The quantitative estimate of drug-likeness (QED) is 0.393. The lowest BCUT2D eigenvalue weighted by Crippen LogP contribution is -2.39. The number of nitrogens with zero attached hydrogens (tertiary/aromatic N) is 3. The second-order valence-electron chi connectivity index (χ2n) is 9.69. The van der Waals surface area contributed by atoms with Gasteiger partial charge in [-0.15, -0.1) is 0 Å². The fraction of sp³-hybridized carbons (Fsp3) is 0.300. The molecule has 190 valence electrons. The Kier molecular flexibility index (Phi) is 6.95. The number of nitrogens with one attached hydrogen (secondary N) is 1. The molecule has 0 spiro atoms. The molecule has 7 heteroatoms. The molecule has 7 nitrogen and oxygen atoms in total. The summed E-state index contributed by atoms with van der Waals surface area (Å²) in [5.74, 6) is 1.74. The number of benzene rings is 3. The summed E-state index contributed by atoms with van der Waals surface area (Å²) in [6.45, 7) is 2.91. The van der Waals surface area contributed by atoms with Gasteiger partial charge < -0.3 is 19.5 Å². The van der Waals surface area contributed by atoms with Crippen molar-refractivity contribution in [2.45, 2.75) is 26.2 Å². The number of aromatic nitrogens is 2. The molecule has 0 bridgehead atoms. The number of carbonyl (C=O) groups excluding carboxylic acids is 2. The zero-order valence-electron chi connectivity index (χ0n) is 21.5. The largest absolute Gasteiger partial charge is 0.496 e. The molecular formula is C30H32N4O3. The summed E-state index contributed by atoms with van der Waals surface area (Å²) in [6, 6.07) is 21.8. The van der Waals surface area contributed by atoms with Gasteiger partial charge in [-0.1, -0.05) is 42.5 Å². The number of para-hydroxylation sites is 1. The highest BCUT2D eigenvalue weighted by molar-refractivity contribution is 6.05. The van der Waals surface area contributed by atoms with E-state index in [-0.39, 0.29) is 11.8 Å². The van der Waals surface area contributed by atoms with E-state index in [1.165, 1.54) is 12.5 Å². The Morgan fingerprint density at radius 1 is 1.03 bits per heavy atom. The lowest BCUT2D eigenvalue weighted by Gasteiger charge is -2.32. The Bertz CT molecular complexity index is 1440. The molecule has 0 atom stereocenters. The maximum atomic E-state index is 13.6. The topological polar surface area (TPSA) is 76.5 Å². The van der Waals surface area contributed by atoms with Crippen LogP contribution in [0.5, 0.6) is 5.75 Å². The van der Waals surface area contributed by atoms with Crippen molar-refractivity contribution in [1.29, 1.82) is 0 Å². The zero-order chi connectivity index (χ0) is 25.9. The third-order valence-electron chi connectivity index (χ3n) is 7.14. The highest BCUT2D eigenvalue weighted by atomic mass is 16.5. The molecule has 3 aromatic carbocycles. The molecule has 1 N–H and O–H groups in total. The average molecular weight is 497 g/mol. The van der Waals surface area contributed by atoms with Gasteiger partial charge in [0, 0.05) is 32.6 Å². The van der Waals surface area contributed by atoms with Crippen LogP contribution in [-0.2, 0) is 18.3 Å². The Labute approximate surface area is 217 Å². The smallest absolute Gasteiger partial charge is 0.254 e. The first-order valence-corrected chi connectivity index (χ1v) is 12.7. The first kappa shape index (κ1) is 24.6. The van der Waals surface area contributed by atoms with Gasteiger partial charge in [0.25, 0.3) is 5.91 Å². The lowest BCUT2D eigenvalue weighted by atomic mass is 9.90. The lowest BCUT2D eigenvalue weighted by molar-refractivity contribution is -0.114. The molecule has 1 aliphatic heterocycles. The number of anilines is 1. The van der Waals surface area contributed by atoms with E-state index in [9.17, 15) is 9.59 Å². The number of hydrogen-bond donors (Lipinski definition) is 1. The van der Waals surface area contributed by atoms with E-state index in [4.69, 9.17) is 9.72 Å². The number of likely N-dealkylation sites (tertiary alicyclic amines) is 1. The summed E-state index contributed by atoms with van der Waals surface area (Å²) in [5.41, 5.74) is 4.70. The number of methoxy groups -OCH3 is 1. The van der Waals surface area contributed by atoms with Crippen LogP contribution in [0.15, 0.2) is 66.7 Å². The summed E-state index contributed by atoms with van der Waals surface area (Å²) in [4.78, 5) is 32.4. The molecule has 1 aliphatic rings. The van der Waals surface area contributed by atoms with E-state index < -0.39 is 0 Å². The van der Waals surface area contributed by atoms with Gasteiger partial charge >= 0.3 is 0 Å². The molecule has 2 amide bonds. The molecule has 2 heterocycles. The number of carbonyl (C=O) groups is 2. The van der Waals surface area contributed by atoms with Crippen LogP contribution in [0.1, 0.15) is 35.7 Å². The number of imidazole rings is 1. The van der Waals surface area contributed by atoms with Gasteiger partial charge in [0.1, 0.15) is 11.6 Å². The van der Waals surface area contributed by atoms with Crippen LogP contribution in [0.3, 0.4) is 0 Å². The summed E-state index contributed by atoms with van der Waals surface area (Å²) >= 11 is 0. The van der Waals surface area contributed by atoms with Crippen LogP contribution in [0.25, 0.3) is 22.4 Å². The van der Waals surface area contributed by atoms with E-state index in [2.05, 4.69) is 29.6 Å². The molecule has 0 aliphatic carbocycles. The van der Waals surface area contributed by atoms with Crippen molar-refractivity contribution in [2.24, 2.45) is 13.0 Å². The third kappa shape index (κ3) is 5.07. The van der Waals surface area contributed by atoms with Crippen LogP contribution < -0.4 is 10.1 Å². The predicted molar refractivity (Wildman–Crippen MR) is 146 cm³/mol. The number of hydrogen-bond acceptors (Lipinski definition) is 4. The minimum absolute atomic E-state index is 0.0313. The van der Waals surface area contributed by atoms with E-state index >= 15 is 0 Å². The first-order valence-electron chi connectivity index (χ1n) is 12.7. The maximum Gasteiger partial charge on any atom is 0.254 e. The van der Waals surface area contributed by atoms with Gasteiger partial charge in [-0.25, -0.2) is 4.98 Å². The number of piperidine rings is 1. The molecule has 1 aromatic heterocycles. The van der Waals surface area contributed by atoms with Crippen molar-refractivity contribution in [3.8, 4) is 17.1 Å². The van der Waals surface area contributed by atoms with Crippen LogP contribution in [0, 0.1) is 5.92 Å². The number of amides is 2. The number of rotatable bonds is 6. The number of aryl methyl sites for hydroxylation is 1. The molecular weight excluding hydrogens is 464 g/mol. The van der Waals surface area contributed by atoms with Gasteiger partial charge in [-0.2, -0.15) is 0 Å². The summed E-state index contributed by atoms with van der Waals surface area (Å²) < 4.78 is 7.48. The maximum absolute atomic E-state index is 13.6. The molecule has 1 fully saturated rings. The molecule has 0 unspecified atom stereocenters. The molecule has 37 heavy (non-hydrogen) atoms. The standard InChI is InChI=1S/C30H32N4O3/c1-20(35)31-25-18-23(30(36)34-15-13-22(14-16-34)17-21-9-5-4-6-10-21)19-26-28(25)33(2)29(32-26)24-11-7-8-12-27(24)37-3/h4-12,18-19,22H,13-17H2,1-3H3,(H,31,35). The molecule has 4 aromatic rings. The monoisotopic (exact) mass is 496 g/mol. The van der Waals surface area contributed by atoms with Gasteiger partial charge in [0.15, 0.2) is 0 Å². The third-order valence-corrected chi connectivity index (χ3v) is 7.14. The Hall–Kier alpha value is -4.13. The van der Waals surface area contributed by atoms with Gasteiger partial charge in [-0.05, 0) is 55.0 Å². The molecule has 5 rings (SSSR count). The van der Waals surface area contributed by atoms with Crippen molar-refractivity contribution in [2.75, 3.05) is 25.5 Å². The number of fused-ring (bicyclic) bond motifs is 1. The summed E-state index contributed by atoms with van der Waals surface area (Å²) in [7, 11) is 3.53. The summed E-state index contributed by atoms with van der Waals surface area (Å²) in [5, 5.41) is 2.91.